The van der Waals surface area contributed by atoms with Crippen molar-refractivity contribution in [1.29, 1.82) is 0 Å². The number of aromatic nitrogens is 2. The summed E-state index contributed by atoms with van der Waals surface area (Å²) in [5.41, 5.74) is 7.26. The summed E-state index contributed by atoms with van der Waals surface area (Å²) < 4.78 is 16.8. The molecule has 7 nitrogen and oxygen atoms in total. The van der Waals surface area contributed by atoms with Crippen molar-refractivity contribution < 1.29 is 18.7 Å². The molecule has 3 rings (SSSR count). The highest BCUT2D eigenvalue weighted by Crippen LogP contribution is 2.34. The predicted molar refractivity (Wildman–Crippen MR) is 129 cm³/mol. The van der Waals surface area contributed by atoms with E-state index >= 15 is 0 Å². The van der Waals surface area contributed by atoms with Gasteiger partial charge in [-0.3, -0.25) is 9.78 Å². The third-order valence-corrected chi connectivity index (χ3v) is 4.98. The molecule has 0 amide bonds. The molecule has 0 bridgehead atoms. The maximum absolute atomic E-state index is 13.0. The van der Waals surface area contributed by atoms with E-state index < -0.39 is 6.04 Å². The third kappa shape index (κ3) is 6.05. The van der Waals surface area contributed by atoms with Crippen LogP contribution in [-0.2, 0) is 6.42 Å². The molecule has 1 atom stereocenters. The molecule has 1 unspecified atom stereocenters. The molecule has 2 N–H and O–H groups in total. The fraction of sp³-hybridized carbons (Fsp3) is 0.286. The number of carbonyl (C=O) groups is 1. The van der Waals surface area contributed by atoms with Gasteiger partial charge >= 0.3 is 0 Å². The average molecular weight is 523 g/mol. The second-order valence-corrected chi connectivity index (χ2v) is 7.32. The number of hydrogen-bond acceptors (Lipinski definition) is 7. The first-order valence-corrected chi connectivity index (χ1v) is 9.99. The van der Waals surface area contributed by atoms with Crippen LogP contribution >= 0.6 is 48.0 Å². The second-order valence-electron chi connectivity index (χ2n) is 6.50. The van der Waals surface area contributed by atoms with Gasteiger partial charge in [0.2, 0.25) is 5.89 Å². The van der Waals surface area contributed by atoms with Crippen LogP contribution in [0.5, 0.6) is 11.5 Å². The maximum atomic E-state index is 13.0. The first-order chi connectivity index (χ1) is 14.3. The lowest BCUT2D eigenvalue weighted by Gasteiger charge is -2.09. The van der Waals surface area contributed by atoms with E-state index in [0.29, 0.717) is 39.3 Å². The number of halogens is 4. The number of ketones is 1. The molecule has 0 saturated heterocycles. The molecular formula is C21H23Cl4N3O4. The molecule has 174 valence electrons. The van der Waals surface area contributed by atoms with Crippen LogP contribution in [0.15, 0.2) is 35.0 Å². The number of hydrogen-bond donors (Lipinski definition) is 1. The van der Waals surface area contributed by atoms with Crippen molar-refractivity contribution in [2.45, 2.75) is 26.3 Å². The van der Waals surface area contributed by atoms with Gasteiger partial charge in [0, 0.05) is 29.9 Å². The lowest BCUT2D eigenvalue weighted by molar-refractivity contribution is 0.0986. The Morgan fingerprint density at radius 1 is 1.19 bits per heavy atom. The van der Waals surface area contributed by atoms with E-state index in [1.54, 1.807) is 32.2 Å². The van der Waals surface area contributed by atoms with E-state index in [2.05, 4.69) is 9.97 Å². The zero-order chi connectivity index (χ0) is 21.8. The van der Waals surface area contributed by atoms with Crippen LogP contribution in [0, 0.1) is 0 Å². The Labute approximate surface area is 208 Å². The van der Waals surface area contributed by atoms with E-state index in [4.69, 9.17) is 42.8 Å². The zero-order valence-corrected chi connectivity index (χ0v) is 20.7. The molecule has 32 heavy (non-hydrogen) atoms. The van der Waals surface area contributed by atoms with Gasteiger partial charge in [0.25, 0.3) is 0 Å². The fourth-order valence-electron chi connectivity index (χ4n) is 2.89. The highest BCUT2D eigenvalue weighted by atomic mass is 35.5. The predicted octanol–water partition coefficient (Wildman–Crippen LogP) is 5.74. The van der Waals surface area contributed by atoms with Gasteiger partial charge in [-0.2, -0.15) is 0 Å². The van der Waals surface area contributed by atoms with Crippen molar-refractivity contribution in [3.63, 3.8) is 0 Å². The van der Waals surface area contributed by atoms with Crippen LogP contribution in [0.1, 0.15) is 41.7 Å². The number of nitrogens with two attached hydrogens (primary N) is 1. The van der Waals surface area contributed by atoms with Crippen molar-refractivity contribution in [1.82, 2.24) is 9.97 Å². The van der Waals surface area contributed by atoms with E-state index in [1.807, 2.05) is 6.92 Å². The molecule has 0 fully saturated rings. The van der Waals surface area contributed by atoms with Crippen molar-refractivity contribution in [2.24, 2.45) is 5.73 Å². The molecule has 0 saturated carbocycles. The van der Waals surface area contributed by atoms with Crippen molar-refractivity contribution in [3.8, 4) is 23.0 Å². The number of oxazole rings is 1. The molecule has 0 aliphatic carbocycles. The Balaban J connectivity index is 0.00000256. The molecule has 0 aliphatic rings. The Morgan fingerprint density at radius 2 is 1.84 bits per heavy atom. The number of carbonyl (C=O) groups excluding carboxylic acids is 1. The van der Waals surface area contributed by atoms with Gasteiger partial charge in [0.15, 0.2) is 28.7 Å². The van der Waals surface area contributed by atoms with Gasteiger partial charge in [-0.1, -0.05) is 23.2 Å². The Morgan fingerprint density at radius 3 is 2.41 bits per heavy atom. The average Bonchev–Trinajstić information content (AvgIpc) is 3.17. The first-order valence-electron chi connectivity index (χ1n) is 9.24. The summed E-state index contributed by atoms with van der Waals surface area (Å²) in [6, 6.07) is 4.71. The number of Topliss-reactive ketones (excluding diaryl/α,β-unsaturated/α-hetero) is 1. The molecule has 0 spiro atoms. The molecule has 3 aromatic rings. The quantitative estimate of drug-likeness (QED) is 0.376. The minimum Gasteiger partial charge on any atom is -0.493 e. The van der Waals surface area contributed by atoms with Crippen LogP contribution in [0.25, 0.3) is 11.5 Å². The summed E-state index contributed by atoms with van der Waals surface area (Å²) >= 11 is 12.3. The number of benzene rings is 1. The summed E-state index contributed by atoms with van der Waals surface area (Å²) in [4.78, 5) is 21.3. The summed E-state index contributed by atoms with van der Waals surface area (Å²) in [6.45, 7) is 4.05. The number of pyridine rings is 1. The van der Waals surface area contributed by atoms with Crippen LogP contribution in [0.2, 0.25) is 10.0 Å². The van der Waals surface area contributed by atoms with Crippen LogP contribution in [0.4, 0.5) is 0 Å². The lowest BCUT2D eigenvalue weighted by Crippen LogP contribution is -2.13. The van der Waals surface area contributed by atoms with Gasteiger partial charge in [-0.15, -0.1) is 24.8 Å². The summed E-state index contributed by atoms with van der Waals surface area (Å²) in [5, 5.41) is 0.608. The Kier molecular flexibility index (Phi) is 10.7. The molecule has 0 radical (unpaired) electrons. The number of rotatable bonds is 8. The minimum atomic E-state index is -0.543. The van der Waals surface area contributed by atoms with Gasteiger partial charge in [-0.25, -0.2) is 4.98 Å². The molecular weight excluding hydrogens is 500 g/mol. The monoisotopic (exact) mass is 521 g/mol. The maximum Gasteiger partial charge on any atom is 0.227 e. The highest BCUT2D eigenvalue weighted by molar-refractivity contribution is 6.36. The summed E-state index contributed by atoms with van der Waals surface area (Å²) in [6.07, 6.45) is 2.81. The number of nitrogens with zero attached hydrogens (tertiary/aromatic N) is 2. The SMILES string of the molecule is CCOc1cc(-c2nc(C(=O)Cc3c(Cl)cncc3Cl)c(C(C)N)o2)ccc1OC.Cl.Cl. The first kappa shape index (κ1) is 28.0. The molecule has 0 aliphatic heterocycles. The molecule has 2 aromatic heterocycles. The Hall–Kier alpha value is -2.03. The number of ether oxygens (including phenoxy) is 2. The zero-order valence-electron chi connectivity index (χ0n) is 17.6. The third-order valence-electron chi connectivity index (χ3n) is 4.33. The topological polar surface area (TPSA) is 100 Å². The summed E-state index contributed by atoms with van der Waals surface area (Å²) in [7, 11) is 1.56. The van der Waals surface area contributed by atoms with E-state index in [-0.39, 0.29) is 54.4 Å². The molecule has 2 heterocycles. The second kappa shape index (κ2) is 12.3. The normalized spacial score (nSPS) is 11.2. The van der Waals surface area contributed by atoms with Crippen molar-refractivity contribution in [2.75, 3.05) is 13.7 Å². The summed E-state index contributed by atoms with van der Waals surface area (Å²) in [5.74, 6) is 1.34. The molecule has 1 aromatic carbocycles. The smallest absolute Gasteiger partial charge is 0.227 e. The molecule has 11 heteroatoms. The fourth-order valence-corrected chi connectivity index (χ4v) is 3.39. The van der Waals surface area contributed by atoms with Gasteiger partial charge < -0.3 is 19.6 Å². The number of methoxy groups -OCH3 is 1. The van der Waals surface area contributed by atoms with Crippen LogP contribution in [0.3, 0.4) is 0 Å². The van der Waals surface area contributed by atoms with E-state index in [1.165, 1.54) is 12.4 Å². The Bertz CT molecular complexity index is 1050. The van der Waals surface area contributed by atoms with Gasteiger partial charge in [-0.05, 0) is 32.0 Å². The van der Waals surface area contributed by atoms with Crippen molar-refractivity contribution in [3.05, 3.63) is 57.7 Å². The lowest BCUT2D eigenvalue weighted by atomic mass is 10.1. The van der Waals surface area contributed by atoms with Gasteiger partial charge in [0.05, 0.1) is 29.8 Å². The standard InChI is InChI=1S/C21H21Cl2N3O4.2ClH/c1-4-29-18-7-12(5-6-17(18)28-3)21-26-19(20(30-21)11(2)24)16(27)8-13-14(22)9-25-10-15(13)23;;/h5-7,9-11H,4,8,24H2,1-3H3;2*1H. The van der Waals surface area contributed by atoms with Gasteiger partial charge in [0.1, 0.15) is 0 Å². The largest absolute Gasteiger partial charge is 0.493 e. The van der Waals surface area contributed by atoms with E-state index in [0.717, 1.165) is 0 Å². The van der Waals surface area contributed by atoms with Crippen molar-refractivity contribution >= 4 is 53.8 Å². The highest BCUT2D eigenvalue weighted by Gasteiger charge is 2.25. The van der Waals surface area contributed by atoms with Crippen LogP contribution < -0.4 is 15.2 Å². The minimum absolute atomic E-state index is 0. The van der Waals surface area contributed by atoms with E-state index in [9.17, 15) is 4.79 Å². The van der Waals surface area contributed by atoms with Crippen LogP contribution in [-0.4, -0.2) is 29.5 Å².